The number of rotatable bonds is 3. The minimum atomic E-state index is -0.409. The average molecular weight is 175 g/mol. The van der Waals surface area contributed by atoms with Crippen molar-refractivity contribution in [3.63, 3.8) is 0 Å². The van der Waals surface area contributed by atoms with E-state index >= 15 is 0 Å². The fraction of sp³-hybridized carbons (Fsp3) is 1.00. The lowest BCUT2D eigenvalue weighted by molar-refractivity contribution is 0.0214. The molecule has 0 spiro atoms. The van der Waals surface area contributed by atoms with Crippen molar-refractivity contribution in [1.29, 1.82) is 0 Å². The molecule has 0 saturated carbocycles. The highest BCUT2D eigenvalue weighted by Crippen LogP contribution is 2.12. The van der Waals surface area contributed by atoms with Gasteiger partial charge < -0.3 is 14.9 Å². The predicted octanol–water partition coefficient (Wildman–Crippen LogP) is -0.941. The maximum Gasteiger partial charge on any atom is 0.0969 e. The molecular weight excluding hydrogens is 158 g/mol. The lowest BCUT2D eigenvalue weighted by Gasteiger charge is -2.16. The van der Waals surface area contributed by atoms with Gasteiger partial charge in [0.05, 0.1) is 18.3 Å². The van der Waals surface area contributed by atoms with Gasteiger partial charge in [0.25, 0.3) is 0 Å². The smallest absolute Gasteiger partial charge is 0.0969 e. The van der Waals surface area contributed by atoms with Crippen molar-refractivity contribution in [2.24, 2.45) is 0 Å². The summed E-state index contributed by atoms with van der Waals surface area (Å²) >= 11 is 0. The van der Waals surface area contributed by atoms with Crippen molar-refractivity contribution >= 4 is 0 Å². The lowest BCUT2D eigenvalue weighted by atomic mass is 10.3. The molecule has 1 saturated heterocycles. The first-order chi connectivity index (χ1) is 5.63. The topological polar surface area (TPSA) is 52.9 Å². The number of aliphatic hydroxyl groups excluding tert-OH is 2. The third-order valence-electron chi connectivity index (χ3n) is 2.14. The van der Waals surface area contributed by atoms with E-state index in [1.54, 1.807) is 14.0 Å². The Morgan fingerprint density at radius 3 is 2.67 bits per heavy atom. The Labute approximate surface area is 72.7 Å². The Balaban J connectivity index is 2.33. The van der Waals surface area contributed by atoms with E-state index in [9.17, 15) is 5.11 Å². The summed E-state index contributed by atoms with van der Waals surface area (Å²) in [5.41, 5.74) is 0. The number of hydrogen-bond acceptors (Lipinski definition) is 4. The molecule has 1 rings (SSSR count). The Morgan fingerprint density at radius 2 is 2.25 bits per heavy atom. The van der Waals surface area contributed by atoms with Gasteiger partial charge in [-0.1, -0.05) is 0 Å². The molecule has 4 nitrogen and oxygen atoms in total. The van der Waals surface area contributed by atoms with Crippen molar-refractivity contribution < 1.29 is 14.9 Å². The summed E-state index contributed by atoms with van der Waals surface area (Å²) in [6.07, 6.45) is -0.842. The van der Waals surface area contributed by atoms with Crippen molar-refractivity contribution in [1.82, 2.24) is 4.90 Å². The van der Waals surface area contributed by atoms with Gasteiger partial charge in [0.2, 0.25) is 0 Å². The summed E-state index contributed by atoms with van der Waals surface area (Å²) in [5, 5.41) is 18.5. The number of nitrogens with zero attached hydrogens (tertiary/aromatic N) is 1. The zero-order chi connectivity index (χ0) is 9.14. The largest absolute Gasteiger partial charge is 0.392 e. The van der Waals surface area contributed by atoms with Crippen LogP contribution < -0.4 is 0 Å². The number of aliphatic hydroxyl groups is 2. The van der Waals surface area contributed by atoms with Crippen LogP contribution >= 0.6 is 0 Å². The zero-order valence-corrected chi connectivity index (χ0v) is 7.60. The third kappa shape index (κ3) is 2.42. The Hall–Kier alpha value is -0.160. The Kier molecular flexibility index (Phi) is 3.46. The van der Waals surface area contributed by atoms with Crippen LogP contribution in [0.4, 0.5) is 0 Å². The van der Waals surface area contributed by atoms with Crippen LogP contribution in [0.3, 0.4) is 0 Å². The van der Waals surface area contributed by atoms with Crippen LogP contribution in [0, 0.1) is 0 Å². The monoisotopic (exact) mass is 175 g/mol. The quantitative estimate of drug-likeness (QED) is 0.581. The number of hydrogen-bond donors (Lipinski definition) is 2. The third-order valence-corrected chi connectivity index (χ3v) is 2.14. The molecule has 2 N–H and O–H groups in total. The summed E-state index contributed by atoms with van der Waals surface area (Å²) in [4.78, 5) is 2.00. The van der Waals surface area contributed by atoms with Crippen LogP contribution in [0.25, 0.3) is 0 Å². The van der Waals surface area contributed by atoms with Gasteiger partial charge in [0.1, 0.15) is 0 Å². The molecular formula is C8H17NO3. The average Bonchev–Trinajstić information content (AvgIpc) is 2.29. The van der Waals surface area contributed by atoms with E-state index in [1.807, 2.05) is 4.90 Å². The van der Waals surface area contributed by atoms with Crippen molar-refractivity contribution in [2.75, 3.05) is 26.7 Å². The molecule has 12 heavy (non-hydrogen) atoms. The molecule has 72 valence electrons. The van der Waals surface area contributed by atoms with Crippen LogP contribution in [-0.4, -0.2) is 60.2 Å². The molecule has 0 amide bonds. The minimum Gasteiger partial charge on any atom is -0.392 e. The number of ether oxygens (including phenoxy) is 1. The summed E-state index contributed by atoms with van der Waals surface area (Å²) in [7, 11) is 1.60. The molecule has 0 aliphatic carbocycles. The molecule has 0 aromatic heterocycles. The number of methoxy groups -OCH3 is 1. The van der Waals surface area contributed by atoms with Crippen LogP contribution in [0.1, 0.15) is 6.92 Å². The fourth-order valence-electron chi connectivity index (χ4n) is 1.59. The van der Waals surface area contributed by atoms with Gasteiger partial charge in [-0.05, 0) is 6.92 Å². The molecule has 0 unspecified atom stereocenters. The van der Waals surface area contributed by atoms with E-state index in [4.69, 9.17) is 9.84 Å². The van der Waals surface area contributed by atoms with Gasteiger partial charge in [-0.2, -0.15) is 0 Å². The molecule has 1 aliphatic heterocycles. The summed E-state index contributed by atoms with van der Waals surface area (Å²) in [6, 6.07) is 0. The predicted molar refractivity (Wildman–Crippen MR) is 44.9 cm³/mol. The fourth-order valence-corrected chi connectivity index (χ4v) is 1.59. The lowest BCUT2D eigenvalue weighted by Crippen LogP contribution is -2.30. The van der Waals surface area contributed by atoms with Crippen LogP contribution in [-0.2, 0) is 4.74 Å². The van der Waals surface area contributed by atoms with Crippen molar-refractivity contribution in [3.05, 3.63) is 0 Å². The van der Waals surface area contributed by atoms with Crippen molar-refractivity contribution in [2.45, 2.75) is 25.2 Å². The van der Waals surface area contributed by atoms with E-state index in [-0.39, 0.29) is 12.2 Å². The van der Waals surface area contributed by atoms with Gasteiger partial charge >= 0.3 is 0 Å². The summed E-state index contributed by atoms with van der Waals surface area (Å²) < 4.78 is 5.06. The van der Waals surface area contributed by atoms with Gasteiger partial charge in [-0.15, -0.1) is 0 Å². The molecule has 1 aliphatic rings. The van der Waals surface area contributed by atoms with Crippen LogP contribution in [0.15, 0.2) is 0 Å². The van der Waals surface area contributed by atoms with Gasteiger partial charge in [0.15, 0.2) is 0 Å². The number of likely N-dealkylation sites (tertiary alicyclic amines) is 1. The highest BCUT2D eigenvalue weighted by molar-refractivity contribution is 4.84. The SMILES string of the molecule is CO[C@@H]1CN(C[C@@H](C)O)C[C@H]1O. The maximum absolute atomic E-state index is 9.42. The Bertz CT molecular complexity index is 140. The zero-order valence-electron chi connectivity index (χ0n) is 7.60. The maximum atomic E-state index is 9.42. The second-order valence-electron chi connectivity index (χ2n) is 3.41. The minimum absolute atomic E-state index is 0.0938. The number of β-amino-alcohol motifs (C(OH)–C–C–N with tert-alkyl or cyclic N) is 2. The first kappa shape index (κ1) is 9.92. The first-order valence-electron chi connectivity index (χ1n) is 4.24. The van der Waals surface area contributed by atoms with Gasteiger partial charge in [-0.25, -0.2) is 0 Å². The van der Waals surface area contributed by atoms with Crippen LogP contribution in [0.5, 0.6) is 0 Å². The summed E-state index contributed by atoms with van der Waals surface area (Å²) in [5.74, 6) is 0. The van der Waals surface area contributed by atoms with E-state index in [0.717, 1.165) is 0 Å². The molecule has 0 radical (unpaired) electrons. The highest BCUT2D eigenvalue weighted by atomic mass is 16.5. The molecule has 0 aromatic carbocycles. The molecule has 1 fully saturated rings. The normalized spacial score (nSPS) is 34.0. The Morgan fingerprint density at radius 1 is 1.58 bits per heavy atom. The molecule has 1 heterocycles. The van der Waals surface area contributed by atoms with Gasteiger partial charge in [0, 0.05) is 26.7 Å². The second-order valence-corrected chi connectivity index (χ2v) is 3.41. The molecule has 0 aromatic rings. The van der Waals surface area contributed by atoms with Gasteiger partial charge in [-0.3, -0.25) is 4.90 Å². The van der Waals surface area contributed by atoms with Crippen molar-refractivity contribution in [3.8, 4) is 0 Å². The van der Waals surface area contributed by atoms with E-state index in [0.29, 0.717) is 19.6 Å². The second kappa shape index (κ2) is 4.18. The van der Waals surface area contributed by atoms with E-state index < -0.39 is 6.10 Å². The van der Waals surface area contributed by atoms with Crippen LogP contribution in [0.2, 0.25) is 0 Å². The standard InChI is InChI=1S/C8H17NO3/c1-6(10)3-9-4-7(11)8(5-9)12-2/h6-8,10-11H,3-5H2,1-2H3/t6-,7-,8-/m1/s1. The molecule has 4 heteroatoms. The van der Waals surface area contributed by atoms with E-state index in [2.05, 4.69) is 0 Å². The van der Waals surface area contributed by atoms with E-state index in [1.165, 1.54) is 0 Å². The molecule has 0 bridgehead atoms. The first-order valence-corrected chi connectivity index (χ1v) is 4.24. The summed E-state index contributed by atoms with van der Waals surface area (Å²) in [6.45, 7) is 3.66. The molecule has 3 atom stereocenters. The highest BCUT2D eigenvalue weighted by Gasteiger charge is 2.31.